The number of benzene rings is 2. The van der Waals surface area contributed by atoms with Crippen LogP contribution in [0.3, 0.4) is 0 Å². The molecule has 0 aliphatic heterocycles. The van der Waals surface area contributed by atoms with E-state index in [0.29, 0.717) is 0 Å². The molecule has 0 aromatic heterocycles. The van der Waals surface area contributed by atoms with E-state index in [4.69, 9.17) is 17.5 Å². The van der Waals surface area contributed by atoms with Crippen LogP contribution in [-0.4, -0.2) is 17.5 Å². The van der Waals surface area contributed by atoms with Crippen molar-refractivity contribution in [3.63, 3.8) is 0 Å². The fourth-order valence-corrected chi connectivity index (χ4v) is 1.59. The number of hydrogen-bond donors (Lipinski definition) is 4. The van der Waals surface area contributed by atoms with Crippen molar-refractivity contribution in [2.45, 2.75) is 11.5 Å². The first-order chi connectivity index (χ1) is 9.86. The lowest BCUT2D eigenvalue weighted by atomic mass is 10.2. The summed E-state index contributed by atoms with van der Waals surface area (Å²) in [5.74, 6) is 1.67. The average Bonchev–Trinajstić information content (AvgIpc) is 2.48. The van der Waals surface area contributed by atoms with Gasteiger partial charge in [0.2, 0.25) is 0 Å². The van der Waals surface area contributed by atoms with Gasteiger partial charge in [0.05, 0.1) is 0 Å². The Hall–Kier alpha value is -0.990. The van der Waals surface area contributed by atoms with Crippen LogP contribution in [0.25, 0.3) is 0 Å². The van der Waals surface area contributed by atoms with Crippen LogP contribution in [0, 0.1) is 0 Å². The first kappa shape index (κ1) is 20.0. The van der Waals surface area contributed by atoms with E-state index in [2.05, 4.69) is 49.5 Å². The Morgan fingerprint density at radius 1 is 0.714 bits per heavy atom. The van der Waals surface area contributed by atoms with Crippen LogP contribution in [0.1, 0.15) is 11.1 Å². The van der Waals surface area contributed by atoms with Crippen LogP contribution in [0.15, 0.2) is 60.7 Å². The van der Waals surface area contributed by atoms with Crippen molar-refractivity contribution in [3.05, 3.63) is 71.8 Å². The van der Waals surface area contributed by atoms with Crippen LogP contribution in [0.4, 0.5) is 0 Å². The van der Waals surface area contributed by atoms with E-state index in [-0.39, 0.29) is 0 Å². The predicted octanol–water partition coefficient (Wildman–Crippen LogP) is 3.58. The average molecular weight is 346 g/mol. The van der Waals surface area contributed by atoms with Gasteiger partial charge in [-0.2, -0.15) is 33.7 Å². The van der Waals surface area contributed by atoms with Crippen molar-refractivity contribution in [2.24, 2.45) is 0 Å². The largest absolute Gasteiger partial charge is 0.394 e. The summed E-state index contributed by atoms with van der Waals surface area (Å²) in [7, 11) is -4.67. The van der Waals surface area contributed by atoms with Gasteiger partial charge in [0, 0.05) is 11.5 Å². The Balaban J connectivity index is 0.000000296. The summed E-state index contributed by atoms with van der Waals surface area (Å²) in [6.07, 6.45) is 0. The lowest BCUT2D eigenvalue weighted by molar-refractivity contribution is 0.381. The molecule has 116 valence electrons. The number of rotatable bonds is 2. The minimum Gasteiger partial charge on any atom is -0.264 e. The monoisotopic (exact) mass is 346 g/mol. The molecule has 0 bridgehead atoms. The molecular formula is C14H18O4S3. The maximum atomic E-state index is 8.74. The molecule has 2 aromatic carbocycles. The lowest BCUT2D eigenvalue weighted by Gasteiger charge is -1.89. The third-order valence-corrected chi connectivity index (χ3v) is 2.78. The van der Waals surface area contributed by atoms with Gasteiger partial charge in [-0.15, -0.1) is 0 Å². The molecule has 0 saturated heterocycles. The molecule has 21 heavy (non-hydrogen) atoms. The van der Waals surface area contributed by atoms with Gasteiger partial charge in [0.1, 0.15) is 0 Å². The quantitative estimate of drug-likeness (QED) is 0.495. The first-order valence-electron chi connectivity index (χ1n) is 5.86. The van der Waals surface area contributed by atoms with Crippen molar-refractivity contribution in [1.82, 2.24) is 0 Å². The maximum Gasteiger partial charge on any atom is 0.394 e. The van der Waals surface area contributed by atoms with Gasteiger partial charge in [-0.3, -0.25) is 9.11 Å². The molecule has 4 nitrogen and oxygen atoms in total. The van der Waals surface area contributed by atoms with Gasteiger partial charge in [0.15, 0.2) is 0 Å². The van der Waals surface area contributed by atoms with E-state index >= 15 is 0 Å². The summed E-state index contributed by atoms with van der Waals surface area (Å²) in [6, 6.07) is 20.3. The molecule has 0 aliphatic carbocycles. The van der Waals surface area contributed by atoms with E-state index in [9.17, 15) is 0 Å². The normalized spacial score (nSPS) is 9.71. The van der Waals surface area contributed by atoms with Gasteiger partial charge in [0.25, 0.3) is 0 Å². The van der Waals surface area contributed by atoms with Crippen LogP contribution in [0.2, 0.25) is 0 Å². The SMILES string of the molecule is O=S(=O)(O)O.SCc1ccccc1.SCc1ccccc1. The second kappa shape index (κ2) is 11.6. The molecule has 0 fully saturated rings. The molecule has 0 aliphatic rings. The van der Waals surface area contributed by atoms with Crippen LogP contribution in [-0.2, 0) is 21.9 Å². The third-order valence-electron chi connectivity index (χ3n) is 2.05. The zero-order valence-electron chi connectivity index (χ0n) is 11.2. The second-order valence-corrected chi connectivity index (χ2v) is 5.26. The molecule has 7 heteroatoms. The lowest BCUT2D eigenvalue weighted by Crippen LogP contribution is -1.89. The van der Waals surface area contributed by atoms with Gasteiger partial charge >= 0.3 is 10.4 Å². The minimum absolute atomic E-state index is 0.834. The maximum absolute atomic E-state index is 8.74. The molecule has 0 amide bonds. The summed E-state index contributed by atoms with van der Waals surface area (Å²) in [5.41, 5.74) is 2.55. The fraction of sp³-hybridized carbons (Fsp3) is 0.143. The highest BCUT2D eigenvalue weighted by Gasteiger charge is 1.84. The highest BCUT2D eigenvalue weighted by atomic mass is 32.3. The Labute approximate surface area is 136 Å². The van der Waals surface area contributed by atoms with Crippen molar-refractivity contribution < 1.29 is 17.5 Å². The Bertz CT molecular complexity index is 524. The summed E-state index contributed by atoms with van der Waals surface area (Å²) >= 11 is 8.22. The van der Waals surface area contributed by atoms with Gasteiger partial charge in [-0.1, -0.05) is 60.7 Å². The van der Waals surface area contributed by atoms with E-state index < -0.39 is 10.4 Å². The molecule has 0 spiro atoms. The van der Waals surface area contributed by atoms with Gasteiger partial charge in [-0.05, 0) is 11.1 Å². The van der Waals surface area contributed by atoms with E-state index in [0.717, 1.165) is 11.5 Å². The molecule has 2 rings (SSSR count). The molecular weight excluding hydrogens is 328 g/mol. The van der Waals surface area contributed by atoms with E-state index in [1.165, 1.54) is 11.1 Å². The van der Waals surface area contributed by atoms with Crippen molar-refractivity contribution >= 4 is 35.7 Å². The van der Waals surface area contributed by atoms with Gasteiger partial charge in [-0.25, -0.2) is 0 Å². The van der Waals surface area contributed by atoms with Crippen molar-refractivity contribution in [1.29, 1.82) is 0 Å². The topological polar surface area (TPSA) is 74.6 Å². The molecule has 0 heterocycles. The number of thiol groups is 2. The first-order valence-corrected chi connectivity index (χ1v) is 8.52. The predicted molar refractivity (Wildman–Crippen MR) is 92.4 cm³/mol. The molecule has 0 atom stereocenters. The summed E-state index contributed by atoms with van der Waals surface area (Å²) in [6.45, 7) is 0. The summed E-state index contributed by atoms with van der Waals surface area (Å²) in [5, 5.41) is 0. The smallest absolute Gasteiger partial charge is 0.264 e. The van der Waals surface area contributed by atoms with Crippen molar-refractivity contribution in [2.75, 3.05) is 0 Å². The Morgan fingerprint density at radius 2 is 0.952 bits per heavy atom. The molecule has 2 aromatic rings. The van der Waals surface area contributed by atoms with Crippen LogP contribution >= 0.6 is 25.3 Å². The molecule has 0 saturated carbocycles. The minimum atomic E-state index is -4.67. The Kier molecular flexibility index (Phi) is 11.1. The molecule has 0 unspecified atom stereocenters. The highest BCUT2D eigenvalue weighted by molar-refractivity contribution is 7.80. The Morgan fingerprint density at radius 3 is 1.10 bits per heavy atom. The van der Waals surface area contributed by atoms with Crippen LogP contribution < -0.4 is 0 Å². The number of hydrogen-bond acceptors (Lipinski definition) is 4. The zero-order chi connectivity index (χ0) is 16.1. The standard InChI is InChI=1S/2C7H8S.H2O4S/c2*8-6-7-4-2-1-3-5-7;1-5(2,3)4/h2*1-5,8H,6H2;(H2,1,2,3,4). The molecule has 2 N–H and O–H groups in total. The van der Waals surface area contributed by atoms with E-state index in [1.54, 1.807) is 0 Å². The third kappa shape index (κ3) is 15.2. The second-order valence-electron chi connectivity index (χ2n) is 3.74. The summed E-state index contributed by atoms with van der Waals surface area (Å²) in [4.78, 5) is 0. The highest BCUT2D eigenvalue weighted by Crippen LogP contribution is 2.00. The molecule has 0 radical (unpaired) electrons. The fourth-order valence-electron chi connectivity index (χ4n) is 1.17. The van der Waals surface area contributed by atoms with E-state index in [1.807, 2.05) is 36.4 Å². The van der Waals surface area contributed by atoms with Gasteiger partial charge < -0.3 is 0 Å². The summed E-state index contributed by atoms with van der Waals surface area (Å²) < 4.78 is 31.6. The van der Waals surface area contributed by atoms with Crippen molar-refractivity contribution in [3.8, 4) is 0 Å². The zero-order valence-corrected chi connectivity index (χ0v) is 13.8. The van der Waals surface area contributed by atoms with Crippen LogP contribution in [0.5, 0.6) is 0 Å².